The Labute approximate surface area is 108 Å². The number of halogens is 4. The number of benzene rings is 2. The van der Waals surface area contributed by atoms with Crippen molar-refractivity contribution in [2.75, 3.05) is 0 Å². The average molecular weight is 267 g/mol. The molecule has 0 fully saturated rings. The smallest absolute Gasteiger partial charge is 0.159 e. The van der Waals surface area contributed by atoms with Crippen LogP contribution in [0.25, 0.3) is 0 Å². The Morgan fingerprint density at radius 1 is 0.789 bits per heavy atom. The van der Waals surface area contributed by atoms with E-state index < -0.39 is 23.3 Å². The lowest BCUT2D eigenvalue weighted by Gasteiger charge is -2.15. The summed E-state index contributed by atoms with van der Waals surface area (Å²) in [4.78, 5) is 0. The fraction of sp³-hybridized carbons (Fsp3) is 0.133. The maximum absolute atomic E-state index is 13.2. The van der Waals surface area contributed by atoms with Gasteiger partial charge in [0.2, 0.25) is 0 Å². The van der Waals surface area contributed by atoms with E-state index in [1.165, 1.54) is 18.2 Å². The molecule has 1 radical (unpaired) electrons. The van der Waals surface area contributed by atoms with Gasteiger partial charge in [0.1, 0.15) is 11.6 Å². The zero-order chi connectivity index (χ0) is 14.0. The highest BCUT2D eigenvalue weighted by molar-refractivity contribution is 5.45. The van der Waals surface area contributed by atoms with Crippen molar-refractivity contribution in [3.05, 3.63) is 76.7 Å². The van der Waals surface area contributed by atoms with Gasteiger partial charge in [0.05, 0.1) is 0 Å². The molecule has 19 heavy (non-hydrogen) atoms. The minimum atomic E-state index is -0.986. The molecule has 0 amide bonds. The molecule has 0 aliphatic carbocycles. The van der Waals surface area contributed by atoms with Crippen molar-refractivity contribution in [2.24, 2.45) is 0 Å². The van der Waals surface area contributed by atoms with Gasteiger partial charge in [-0.2, -0.15) is 0 Å². The Balaban J connectivity index is 2.46. The monoisotopic (exact) mass is 267 g/mol. The molecule has 2 rings (SSSR count). The molecule has 0 nitrogen and oxygen atoms in total. The Bertz CT molecular complexity index is 572. The van der Waals surface area contributed by atoms with Crippen LogP contribution in [0.1, 0.15) is 24.5 Å². The predicted molar refractivity (Wildman–Crippen MR) is 64.5 cm³/mol. The first kappa shape index (κ1) is 13.6. The molecule has 4 heteroatoms. The maximum Gasteiger partial charge on any atom is 0.159 e. The highest BCUT2D eigenvalue weighted by Crippen LogP contribution is 2.28. The summed E-state index contributed by atoms with van der Waals surface area (Å²) in [6.45, 7) is 1.78. The van der Waals surface area contributed by atoms with Gasteiger partial charge in [0, 0.05) is 12.0 Å². The first-order valence-electron chi connectivity index (χ1n) is 5.79. The third kappa shape index (κ3) is 2.95. The summed E-state index contributed by atoms with van der Waals surface area (Å²) in [7, 11) is 0. The van der Waals surface area contributed by atoms with E-state index in [4.69, 9.17) is 0 Å². The van der Waals surface area contributed by atoms with Crippen molar-refractivity contribution in [2.45, 2.75) is 13.3 Å². The van der Waals surface area contributed by atoms with Gasteiger partial charge in [-0.15, -0.1) is 0 Å². The second-order valence-electron chi connectivity index (χ2n) is 4.12. The summed E-state index contributed by atoms with van der Waals surface area (Å²) in [5.74, 6) is -2.80. The molecule has 0 atom stereocenters. The standard InChI is InChI=1S/C15H11F4/c1-2-13(9-3-4-14(18)15(19)7-9)10-5-11(16)8-12(17)6-10/h3-8H,2H2,1H3. The van der Waals surface area contributed by atoms with Gasteiger partial charge in [0.15, 0.2) is 11.6 Å². The van der Waals surface area contributed by atoms with Gasteiger partial charge >= 0.3 is 0 Å². The topological polar surface area (TPSA) is 0 Å². The molecule has 0 unspecified atom stereocenters. The summed E-state index contributed by atoms with van der Waals surface area (Å²) in [5.41, 5.74) is 0.734. The van der Waals surface area contributed by atoms with Crippen LogP contribution in [0, 0.1) is 29.2 Å². The van der Waals surface area contributed by atoms with Gasteiger partial charge in [0.25, 0.3) is 0 Å². The Morgan fingerprint density at radius 2 is 1.42 bits per heavy atom. The molecule has 0 aliphatic heterocycles. The normalized spacial score (nSPS) is 11.1. The first-order valence-corrected chi connectivity index (χ1v) is 5.79. The molecule has 0 heterocycles. The van der Waals surface area contributed by atoms with Crippen molar-refractivity contribution >= 4 is 0 Å². The molecule has 0 spiro atoms. The molecule has 0 saturated heterocycles. The number of rotatable bonds is 3. The molecule has 0 bridgehead atoms. The lowest BCUT2D eigenvalue weighted by atomic mass is 9.89. The van der Waals surface area contributed by atoms with Crippen molar-refractivity contribution in [1.29, 1.82) is 0 Å². The highest BCUT2D eigenvalue weighted by Gasteiger charge is 2.16. The van der Waals surface area contributed by atoms with Crippen LogP contribution in [0.3, 0.4) is 0 Å². The third-order valence-corrected chi connectivity index (χ3v) is 2.83. The van der Waals surface area contributed by atoms with Crippen LogP contribution in [0.4, 0.5) is 17.6 Å². The van der Waals surface area contributed by atoms with Crippen LogP contribution in [0.5, 0.6) is 0 Å². The van der Waals surface area contributed by atoms with E-state index >= 15 is 0 Å². The lowest BCUT2D eigenvalue weighted by molar-refractivity contribution is 0.507. The minimum Gasteiger partial charge on any atom is -0.207 e. The highest BCUT2D eigenvalue weighted by atomic mass is 19.2. The van der Waals surface area contributed by atoms with Crippen molar-refractivity contribution in [3.8, 4) is 0 Å². The van der Waals surface area contributed by atoms with Crippen molar-refractivity contribution in [3.63, 3.8) is 0 Å². The second kappa shape index (κ2) is 5.43. The third-order valence-electron chi connectivity index (χ3n) is 2.83. The van der Waals surface area contributed by atoms with Gasteiger partial charge in [-0.05, 0) is 41.8 Å². The number of hydrogen-bond acceptors (Lipinski definition) is 0. The zero-order valence-corrected chi connectivity index (χ0v) is 10.2. The molecule has 0 aliphatic rings. The van der Waals surface area contributed by atoms with Crippen LogP contribution in [0.15, 0.2) is 36.4 Å². The van der Waals surface area contributed by atoms with Crippen molar-refractivity contribution < 1.29 is 17.6 Å². The van der Waals surface area contributed by atoms with E-state index in [1.807, 2.05) is 0 Å². The average Bonchev–Trinajstić information content (AvgIpc) is 2.33. The van der Waals surface area contributed by atoms with E-state index in [-0.39, 0.29) is 0 Å². The van der Waals surface area contributed by atoms with Gasteiger partial charge in [-0.25, -0.2) is 17.6 Å². The molecule has 0 aromatic heterocycles. The zero-order valence-electron chi connectivity index (χ0n) is 10.2. The summed E-state index contributed by atoms with van der Waals surface area (Å²) in [5, 5.41) is 0. The van der Waals surface area contributed by atoms with E-state index in [2.05, 4.69) is 0 Å². The van der Waals surface area contributed by atoms with Gasteiger partial charge in [-0.1, -0.05) is 13.0 Å². The first-order chi connectivity index (χ1) is 9.01. The molecule has 2 aromatic carbocycles. The fourth-order valence-corrected chi connectivity index (χ4v) is 1.99. The molecule has 99 valence electrons. The Kier molecular flexibility index (Phi) is 3.88. The minimum absolute atomic E-state index is 0.325. The quantitative estimate of drug-likeness (QED) is 0.711. The van der Waals surface area contributed by atoms with Crippen molar-refractivity contribution in [1.82, 2.24) is 0 Å². The summed E-state index contributed by atoms with van der Waals surface area (Å²) < 4.78 is 52.5. The number of hydrogen-bond donors (Lipinski definition) is 0. The molecular formula is C15H11F4. The van der Waals surface area contributed by atoms with Crippen LogP contribution >= 0.6 is 0 Å². The Hall–Kier alpha value is -1.84. The van der Waals surface area contributed by atoms with E-state index in [0.29, 0.717) is 23.5 Å². The molecular weight excluding hydrogens is 256 g/mol. The fourth-order valence-electron chi connectivity index (χ4n) is 1.99. The summed E-state index contributed by atoms with van der Waals surface area (Å²) in [6, 6.07) is 6.52. The molecule has 0 saturated carbocycles. The van der Waals surface area contributed by atoms with E-state index in [9.17, 15) is 17.6 Å². The van der Waals surface area contributed by atoms with Crippen LogP contribution in [-0.2, 0) is 0 Å². The predicted octanol–water partition coefficient (Wildman–Crippen LogP) is 4.62. The second-order valence-corrected chi connectivity index (χ2v) is 4.12. The molecule has 0 N–H and O–H groups in total. The van der Waals surface area contributed by atoms with Crippen LogP contribution < -0.4 is 0 Å². The summed E-state index contributed by atoms with van der Waals surface area (Å²) >= 11 is 0. The Morgan fingerprint density at radius 3 is 1.95 bits per heavy atom. The van der Waals surface area contributed by atoms with Gasteiger partial charge < -0.3 is 0 Å². The van der Waals surface area contributed by atoms with Gasteiger partial charge in [-0.3, -0.25) is 0 Å². The van der Waals surface area contributed by atoms with E-state index in [0.717, 1.165) is 18.2 Å². The SMILES string of the molecule is CC[C](c1cc(F)cc(F)c1)c1ccc(F)c(F)c1. The molecule has 2 aromatic rings. The largest absolute Gasteiger partial charge is 0.207 e. The van der Waals surface area contributed by atoms with Crippen LogP contribution in [0.2, 0.25) is 0 Å². The lowest BCUT2D eigenvalue weighted by Crippen LogP contribution is -2.03. The van der Waals surface area contributed by atoms with Crippen LogP contribution in [-0.4, -0.2) is 0 Å². The maximum atomic E-state index is 13.2. The van der Waals surface area contributed by atoms with E-state index in [1.54, 1.807) is 6.92 Å². The summed E-state index contributed by atoms with van der Waals surface area (Å²) in [6.07, 6.45) is 0.438.